The summed E-state index contributed by atoms with van der Waals surface area (Å²) in [7, 11) is 2.87. The van der Waals surface area contributed by atoms with Gasteiger partial charge in [0.2, 0.25) is 5.82 Å². The summed E-state index contributed by atoms with van der Waals surface area (Å²) in [5.41, 5.74) is -0.991. The van der Waals surface area contributed by atoms with Gasteiger partial charge in [0.25, 0.3) is 5.56 Å². The lowest BCUT2D eigenvalue weighted by atomic mass is 10.2. The van der Waals surface area contributed by atoms with E-state index in [1.54, 1.807) is 11.8 Å². The van der Waals surface area contributed by atoms with Gasteiger partial charge in [-0.3, -0.25) is 9.36 Å². The van der Waals surface area contributed by atoms with Crippen molar-refractivity contribution in [1.82, 2.24) is 14.3 Å². The molecule has 1 fully saturated rings. The van der Waals surface area contributed by atoms with Gasteiger partial charge in [0, 0.05) is 20.6 Å². The number of nitrogens with zero attached hydrogens (tertiary/aromatic N) is 4. The fraction of sp³-hybridized carbons (Fsp3) is 0.667. The monoisotopic (exact) mass is 282 g/mol. The van der Waals surface area contributed by atoms with E-state index < -0.39 is 17.3 Å². The van der Waals surface area contributed by atoms with Gasteiger partial charge in [0.1, 0.15) is 6.04 Å². The highest BCUT2D eigenvalue weighted by atomic mass is 16.5. The number of esters is 1. The van der Waals surface area contributed by atoms with E-state index in [2.05, 4.69) is 5.10 Å². The number of carbonyl (C=O) groups excluding carboxylic acids is 1. The Balaban J connectivity index is 2.43. The van der Waals surface area contributed by atoms with Crippen LogP contribution in [-0.4, -0.2) is 39.5 Å². The molecule has 1 aromatic heterocycles. The molecule has 0 saturated carbocycles. The zero-order chi connectivity index (χ0) is 14.9. The quantitative estimate of drug-likeness (QED) is 0.662. The molecular weight excluding hydrogens is 264 g/mol. The van der Waals surface area contributed by atoms with Crippen molar-refractivity contribution < 1.29 is 9.53 Å². The van der Waals surface area contributed by atoms with Crippen molar-refractivity contribution in [2.24, 2.45) is 14.1 Å². The summed E-state index contributed by atoms with van der Waals surface area (Å²) in [6.07, 6.45) is 1.39. The molecule has 1 atom stereocenters. The molecule has 2 heterocycles. The molecule has 8 nitrogen and oxygen atoms in total. The van der Waals surface area contributed by atoms with Crippen LogP contribution in [0.25, 0.3) is 0 Å². The number of carbonyl (C=O) groups is 1. The normalized spacial score (nSPS) is 18.4. The fourth-order valence-corrected chi connectivity index (χ4v) is 2.37. The van der Waals surface area contributed by atoms with Crippen molar-refractivity contribution in [2.45, 2.75) is 25.8 Å². The van der Waals surface area contributed by atoms with Gasteiger partial charge >= 0.3 is 11.7 Å². The molecule has 0 N–H and O–H groups in total. The summed E-state index contributed by atoms with van der Waals surface area (Å²) in [6, 6.07) is -0.507. The summed E-state index contributed by atoms with van der Waals surface area (Å²) in [5, 5.41) is 4.00. The molecular formula is C12H18N4O4. The number of aromatic nitrogens is 3. The molecule has 2 rings (SSSR count). The number of ether oxygens (including phenoxy) is 1. The summed E-state index contributed by atoms with van der Waals surface area (Å²) in [6.45, 7) is 2.58. The van der Waals surface area contributed by atoms with E-state index in [9.17, 15) is 14.4 Å². The second-order valence-corrected chi connectivity index (χ2v) is 4.70. The maximum absolute atomic E-state index is 12.1. The van der Waals surface area contributed by atoms with Crippen molar-refractivity contribution in [3.8, 4) is 0 Å². The zero-order valence-electron chi connectivity index (χ0n) is 11.8. The molecule has 110 valence electrons. The molecule has 0 bridgehead atoms. The van der Waals surface area contributed by atoms with Gasteiger partial charge < -0.3 is 9.64 Å². The smallest absolute Gasteiger partial charge is 0.346 e. The van der Waals surface area contributed by atoms with Crippen molar-refractivity contribution in [3.63, 3.8) is 0 Å². The first-order valence-electron chi connectivity index (χ1n) is 6.55. The summed E-state index contributed by atoms with van der Waals surface area (Å²) in [4.78, 5) is 37.3. The van der Waals surface area contributed by atoms with Gasteiger partial charge in [0.05, 0.1) is 6.61 Å². The van der Waals surface area contributed by atoms with E-state index in [1.807, 2.05) is 0 Å². The van der Waals surface area contributed by atoms with Crippen LogP contribution in [0, 0.1) is 0 Å². The lowest BCUT2D eigenvalue weighted by Crippen LogP contribution is -2.46. The van der Waals surface area contributed by atoms with E-state index >= 15 is 0 Å². The van der Waals surface area contributed by atoms with Crippen molar-refractivity contribution >= 4 is 11.8 Å². The first-order valence-corrected chi connectivity index (χ1v) is 6.55. The standard InChI is InChI=1S/C12H18N4O4/c1-4-20-11(18)8-6-5-7-16(8)9-10(17)14(2)12(19)15(3)13-9/h8H,4-7H2,1-3H3. The van der Waals surface area contributed by atoms with E-state index in [-0.39, 0.29) is 11.8 Å². The maximum Gasteiger partial charge on any atom is 0.346 e. The minimum Gasteiger partial charge on any atom is -0.464 e. The molecule has 0 spiro atoms. The molecule has 1 aliphatic heterocycles. The first kappa shape index (κ1) is 14.3. The van der Waals surface area contributed by atoms with Crippen molar-refractivity contribution in [2.75, 3.05) is 18.1 Å². The van der Waals surface area contributed by atoms with Gasteiger partial charge in [0.15, 0.2) is 0 Å². The number of hydrogen-bond acceptors (Lipinski definition) is 6. The Morgan fingerprint density at radius 1 is 1.40 bits per heavy atom. The highest BCUT2D eigenvalue weighted by Crippen LogP contribution is 2.21. The molecule has 0 amide bonds. The third-order valence-electron chi connectivity index (χ3n) is 3.39. The number of rotatable bonds is 3. The van der Waals surface area contributed by atoms with Crippen LogP contribution in [-0.2, 0) is 23.6 Å². The van der Waals surface area contributed by atoms with Crippen LogP contribution in [0.5, 0.6) is 0 Å². The van der Waals surface area contributed by atoms with Crippen LogP contribution < -0.4 is 16.1 Å². The van der Waals surface area contributed by atoms with Crippen LogP contribution in [0.2, 0.25) is 0 Å². The predicted octanol–water partition coefficient (Wildman–Crippen LogP) is -0.989. The topological polar surface area (TPSA) is 86.4 Å². The lowest BCUT2D eigenvalue weighted by Gasteiger charge is -2.23. The van der Waals surface area contributed by atoms with Crippen LogP contribution in [0.1, 0.15) is 19.8 Å². The number of aryl methyl sites for hydroxylation is 1. The minimum atomic E-state index is -0.507. The Hall–Kier alpha value is -2.12. The molecule has 1 aromatic rings. The van der Waals surface area contributed by atoms with Gasteiger partial charge in [-0.1, -0.05) is 0 Å². The Morgan fingerprint density at radius 2 is 2.10 bits per heavy atom. The van der Waals surface area contributed by atoms with Crippen LogP contribution in [0.3, 0.4) is 0 Å². The second kappa shape index (κ2) is 5.48. The highest BCUT2D eigenvalue weighted by Gasteiger charge is 2.34. The summed E-state index contributed by atoms with van der Waals surface area (Å²) >= 11 is 0. The summed E-state index contributed by atoms with van der Waals surface area (Å²) < 4.78 is 7.10. The first-order chi connectivity index (χ1) is 9.47. The Morgan fingerprint density at radius 3 is 2.75 bits per heavy atom. The average Bonchev–Trinajstić information content (AvgIpc) is 2.90. The Labute approximate surface area is 115 Å². The van der Waals surface area contributed by atoms with Gasteiger partial charge in [-0.15, -0.1) is 5.10 Å². The average molecular weight is 282 g/mol. The van der Waals surface area contributed by atoms with Gasteiger partial charge in [-0.25, -0.2) is 14.3 Å². The third-order valence-corrected chi connectivity index (χ3v) is 3.39. The molecule has 1 aliphatic rings. The van der Waals surface area contributed by atoms with Gasteiger partial charge in [-0.05, 0) is 19.8 Å². The minimum absolute atomic E-state index is 0.116. The molecule has 0 aromatic carbocycles. The molecule has 8 heteroatoms. The SMILES string of the molecule is CCOC(=O)C1CCCN1c1nn(C)c(=O)n(C)c1=O. The highest BCUT2D eigenvalue weighted by molar-refractivity contribution is 5.80. The van der Waals surface area contributed by atoms with Crippen molar-refractivity contribution in [3.05, 3.63) is 20.8 Å². The Bertz CT molecular complexity index is 633. The van der Waals surface area contributed by atoms with E-state index in [0.717, 1.165) is 15.7 Å². The molecule has 1 unspecified atom stereocenters. The third kappa shape index (κ3) is 2.33. The van der Waals surface area contributed by atoms with E-state index in [1.165, 1.54) is 14.1 Å². The zero-order valence-corrected chi connectivity index (χ0v) is 11.8. The Kier molecular flexibility index (Phi) is 3.91. The summed E-state index contributed by atoms with van der Waals surface area (Å²) in [5.74, 6) is -0.243. The van der Waals surface area contributed by atoms with Crippen LogP contribution >= 0.6 is 0 Å². The lowest BCUT2D eigenvalue weighted by molar-refractivity contribution is -0.144. The second-order valence-electron chi connectivity index (χ2n) is 4.70. The molecule has 20 heavy (non-hydrogen) atoms. The van der Waals surface area contributed by atoms with Gasteiger partial charge in [-0.2, -0.15) is 0 Å². The largest absolute Gasteiger partial charge is 0.464 e. The van der Waals surface area contributed by atoms with E-state index in [4.69, 9.17) is 4.74 Å². The fourth-order valence-electron chi connectivity index (χ4n) is 2.37. The number of anilines is 1. The van der Waals surface area contributed by atoms with E-state index in [0.29, 0.717) is 19.6 Å². The molecule has 0 radical (unpaired) electrons. The van der Waals surface area contributed by atoms with Crippen molar-refractivity contribution in [1.29, 1.82) is 0 Å². The van der Waals surface area contributed by atoms with Crippen LogP contribution in [0.4, 0.5) is 5.82 Å². The molecule has 0 aliphatic carbocycles. The predicted molar refractivity (Wildman–Crippen MR) is 71.7 cm³/mol. The van der Waals surface area contributed by atoms with Crippen LogP contribution in [0.15, 0.2) is 9.59 Å². The number of hydrogen-bond donors (Lipinski definition) is 0. The molecule has 1 saturated heterocycles. The maximum atomic E-state index is 12.1.